The van der Waals surface area contributed by atoms with E-state index in [2.05, 4.69) is 5.32 Å². The smallest absolute Gasteiger partial charge is 0.354 e. The third-order valence-corrected chi connectivity index (χ3v) is 7.08. The number of ether oxygens (including phenoxy) is 1. The molecule has 2 aromatic rings. The van der Waals surface area contributed by atoms with Gasteiger partial charge in [0, 0.05) is 25.5 Å². The number of carbonyl (C=O) groups excluding carboxylic acids is 2. The largest absolute Gasteiger partial charge is 0.461 e. The average Bonchev–Trinajstić information content (AvgIpc) is 3.36. The van der Waals surface area contributed by atoms with E-state index in [0.717, 1.165) is 12.0 Å². The normalized spacial score (nSPS) is 17.1. The van der Waals surface area contributed by atoms with Crippen molar-refractivity contribution in [3.63, 3.8) is 0 Å². The van der Waals surface area contributed by atoms with E-state index in [0.29, 0.717) is 18.5 Å². The molecule has 1 fully saturated rings. The van der Waals surface area contributed by atoms with Crippen molar-refractivity contribution in [3.8, 4) is 0 Å². The van der Waals surface area contributed by atoms with Gasteiger partial charge in [0.15, 0.2) is 0 Å². The monoisotopic (exact) mass is 433 g/mol. The van der Waals surface area contributed by atoms with Crippen LogP contribution in [-0.4, -0.2) is 48.4 Å². The lowest BCUT2D eigenvalue weighted by atomic mass is 10.1. The van der Waals surface area contributed by atoms with Crippen LogP contribution in [0.5, 0.6) is 0 Å². The average molecular weight is 434 g/mol. The van der Waals surface area contributed by atoms with Gasteiger partial charge in [-0.1, -0.05) is 19.1 Å². The van der Waals surface area contributed by atoms with Gasteiger partial charge in [0.25, 0.3) is 0 Å². The first-order valence-corrected chi connectivity index (χ1v) is 11.5. The summed E-state index contributed by atoms with van der Waals surface area (Å²) in [6.45, 7) is 4.17. The Bertz CT molecular complexity index is 1030. The summed E-state index contributed by atoms with van der Waals surface area (Å²) in [5, 5.41) is 2.82. The summed E-state index contributed by atoms with van der Waals surface area (Å²) < 4.78 is 34.0. The van der Waals surface area contributed by atoms with Crippen LogP contribution < -0.4 is 5.32 Å². The van der Waals surface area contributed by atoms with Crippen LogP contribution in [0, 0.1) is 0 Å². The van der Waals surface area contributed by atoms with Gasteiger partial charge in [-0.15, -0.1) is 0 Å². The number of rotatable bonds is 7. The van der Waals surface area contributed by atoms with Gasteiger partial charge in [-0.25, -0.2) is 13.2 Å². The fourth-order valence-electron chi connectivity index (χ4n) is 3.56. The zero-order valence-corrected chi connectivity index (χ0v) is 18.2. The maximum atomic E-state index is 13.2. The first-order chi connectivity index (χ1) is 14.3. The quantitative estimate of drug-likeness (QED) is 0.677. The number of nitrogens with zero attached hydrogens (tertiary/aromatic N) is 2. The lowest BCUT2D eigenvalue weighted by Crippen LogP contribution is -2.43. The Labute approximate surface area is 176 Å². The number of carbonyl (C=O) groups is 2. The molecule has 8 nitrogen and oxygen atoms in total. The minimum atomic E-state index is -3.94. The van der Waals surface area contributed by atoms with E-state index in [1.54, 1.807) is 14.0 Å². The molecule has 9 heteroatoms. The van der Waals surface area contributed by atoms with Gasteiger partial charge in [0.1, 0.15) is 16.6 Å². The van der Waals surface area contributed by atoms with Gasteiger partial charge in [-0.05, 0) is 49.9 Å². The van der Waals surface area contributed by atoms with Crippen LogP contribution in [0.4, 0.5) is 5.69 Å². The van der Waals surface area contributed by atoms with E-state index in [-0.39, 0.29) is 29.6 Å². The summed E-state index contributed by atoms with van der Waals surface area (Å²) in [5.74, 6) is -0.949. The Balaban J connectivity index is 1.80. The van der Waals surface area contributed by atoms with Crippen LogP contribution in [0.25, 0.3) is 0 Å². The van der Waals surface area contributed by atoms with Crippen LogP contribution in [0.2, 0.25) is 0 Å². The van der Waals surface area contributed by atoms with E-state index in [1.807, 2.05) is 31.2 Å². The minimum Gasteiger partial charge on any atom is -0.461 e. The topological polar surface area (TPSA) is 97.7 Å². The molecular weight excluding hydrogens is 406 g/mol. The highest BCUT2D eigenvalue weighted by Crippen LogP contribution is 2.28. The SMILES string of the molecule is CCOC(=O)c1cc(S(=O)(=O)N2CCCC2C(=O)Nc2ccc(CC)cc2)cn1C. The lowest BCUT2D eigenvalue weighted by Gasteiger charge is -2.23. The fraction of sp³-hybridized carbons (Fsp3) is 0.429. The van der Waals surface area contributed by atoms with E-state index in [1.165, 1.54) is 21.1 Å². The van der Waals surface area contributed by atoms with Gasteiger partial charge < -0.3 is 14.6 Å². The summed E-state index contributed by atoms with van der Waals surface area (Å²) in [6.07, 6.45) is 3.30. The predicted octanol–water partition coefficient (Wildman–Crippen LogP) is 2.56. The summed E-state index contributed by atoms with van der Waals surface area (Å²) in [5.41, 5.74) is 1.93. The van der Waals surface area contributed by atoms with Crippen molar-refractivity contribution in [2.75, 3.05) is 18.5 Å². The van der Waals surface area contributed by atoms with Crippen molar-refractivity contribution in [2.45, 2.75) is 44.0 Å². The van der Waals surface area contributed by atoms with E-state index in [9.17, 15) is 18.0 Å². The molecule has 3 rings (SSSR count). The molecule has 1 saturated heterocycles. The second kappa shape index (κ2) is 9.01. The maximum Gasteiger partial charge on any atom is 0.354 e. The van der Waals surface area contributed by atoms with Gasteiger partial charge in [-0.2, -0.15) is 4.31 Å². The van der Waals surface area contributed by atoms with E-state index >= 15 is 0 Å². The molecule has 2 heterocycles. The molecule has 1 amide bonds. The lowest BCUT2D eigenvalue weighted by molar-refractivity contribution is -0.119. The molecule has 1 aliphatic heterocycles. The molecule has 1 atom stereocenters. The minimum absolute atomic E-state index is 0.0277. The number of sulfonamides is 1. The number of aryl methyl sites for hydroxylation is 2. The summed E-state index contributed by atoms with van der Waals surface area (Å²) in [4.78, 5) is 24.8. The zero-order chi connectivity index (χ0) is 21.9. The molecule has 0 bridgehead atoms. The number of hydrogen-bond acceptors (Lipinski definition) is 5. The highest BCUT2D eigenvalue weighted by atomic mass is 32.2. The molecule has 1 unspecified atom stereocenters. The number of nitrogens with one attached hydrogen (secondary N) is 1. The van der Waals surface area contributed by atoms with Crippen molar-refractivity contribution in [3.05, 3.63) is 47.8 Å². The molecule has 162 valence electrons. The molecule has 0 aliphatic carbocycles. The fourth-order valence-corrected chi connectivity index (χ4v) is 5.29. The first kappa shape index (κ1) is 22.0. The van der Waals surface area contributed by atoms with Crippen molar-refractivity contribution in [1.82, 2.24) is 8.87 Å². The highest BCUT2D eigenvalue weighted by Gasteiger charge is 2.40. The molecule has 1 N–H and O–H groups in total. The number of benzene rings is 1. The molecule has 1 aromatic heterocycles. The number of anilines is 1. The van der Waals surface area contributed by atoms with Crippen LogP contribution >= 0.6 is 0 Å². The zero-order valence-electron chi connectivity index (χ0n) is 17.4. The van der Waals surface area contributed by atoms with Gasteiger partial charge in [-0.3, -0.25) is 4.79 Å². The van der Waals surface area contributed by atoms with Crippen molar-refractivity contribution < 1.29 is 22.7 Å². The van der Waals surface area contributed by atoms with Gasteiger partial charge >= 0.3 is 5.97 Å². The number of hydrogen-bond donors (Lipinski definition) is 1. The Morgan fingerprint density at radius 3 is 2.53 bits per heavy atom. The Morgan fingerprint density at radius 1 is 1.20 bits per heavy atom. The second-order valence-electron chi connectivity index (χ2n) is 7.21. The summed E-state index contributed by atoms with van der Waals surface area (Å²) >= 11 is 0. The molecule has 30 heavy (non-hydrogen) atoms. The maximum absolute atomic E-state index is 13.2. The second-order valence-corrected chi connectivity index (χ2v) is 9.10. The Kier molecular flexibility index (Phi) is 6.62. The molecule has 0 spiro atoms. The third-order valence-electron chi connectivity index (χ3n) is 5.21. The molecule has 1 aromatic carbocycles. The number of aromatic nitrogens is 1. The van der Waals surface area contributed by atoms with E-state index in [4.69, 9.17) is 4.74 Å². The standard InChI is InChI=1S/C21H27N3O5S/c1-4-15-8-10-16(11-9-15)22-20(25)18-7-6-12-24(18)30(27,28)17-13-19(23(3)14-17)21(26)29-5-2/h8-11,13-14,18H,4-7,12H2,1-3H3,(H,22,25). The molecule has 0 radical (unpaired) electrons. The predicted molar refractivity (Wildman–Crippen MR) is 113 cm³/mol. The van der Waals surface area contributed by atoms with Gasteiger partial charge in [0.2, 0.25) is 15.9 Å². The van der Waals surface area contributed by atoms with Crippen molar-refractivity contribution in [1.29, 1.82) is 0 Å². The van der Waals surface area contributed by atoms with Gasteiger partial charge in [0.05, 0.1) is 6.61 Å². The first-order valence-electron chi connectivity index (χ1n) is 10.0. The van der Waals surface area contributed by atoms with Crippen LogP contribution in [0.15, 0.2) is 41.4 Å². The molecule has 1 aliphatic rings. The number of esters is 1. The van der Waals surface area contributed by atoms with Crippen LogP contribution in [0.1, 0.15) is 42.7 Å². The van der Waals surface area contributed by atoms with Crippen LogP contribution in [-0.2, 0) is 33.0 Å². The summed E-state index contributed by atoms with van der Waals surface area (Å²) in [7, 11) is -2.36. The number of amides is 1. The van der Waals surface area contributed by atoms with E-state index < -0.39 is 22.0 Å². The molecular formula is C21H27N3O5S. The summed E-state index contributed by atoms with van der Waals surface area (Å²) in [6, 6.07) is 7.98. The Morgan fingerprint density at radius 2 is 1.90 bits per heavy atom. The van der Waals surface area contributed by atoms with Crippen molar-refractivity contribution >= 4 is 27.6 Å². The highest BCUT2D eigenvalue weighted by molar-refractivity contribution is 7.89. The molecule has 0 saturated carbocycles. The van der Waals surface area contributed by atoms with Crippen LogP contribution in [0.3, 0.4) is 0 Å². The Hall–Kier alpha value is -2.65. The third kappa shape index (κ3) is 4.41. The van der Waals surface area contributed by atoms with Crippen molar-refractivity contribution in [2.24, 2.45) is 7.05 Å².